The third kappa shape index (κ3) is 4.68. The van der Waals surface area contributed by atoms with E-state index in [4.69, 9.17) is 0 Å². The molecule has 1 aliphatic carbocycles. The molecular weight excluding hydrogens is 356 g/mol. The van der Waals surface area contributed by atoms with Crippen molar-refractivity contribution in [1.82, 2.24) is 10.2 Å². The summed E-state index contributed by atoms with van der Waals surface area (Å²) in [6.07, 6.45) is 6.07. The summed E-state index contributed by atoms with van der Waals surface area (Å²) >= 11 is 1.80. The molecule has 1 aromatic carbocycles. The number of hydrogen-bond donors (Lipinski definition) is 1. The van der Waals surface area contributed by atoms with Crippen LogP contribution in [0.25, 0.3) is 0 Å². The Labute approximate surface area is 167 Å². The normalized spacial score (nSPS) is 24.8. The predicted molar refractivity (Wildman–Crippen MR) is 112 cm³/mol. The highest BCUT2D eigenvalue weighted by Crippen LogP contribution is 2.41. The lowest BCUT2D eigenvalue weighted by Gasteiger charge is -2.36. The van der Waals surface area contributed by atoms with E-state index in [1.807, 2.05) is 42.2 Å². The van der Waals surface area contributed by atoms with Gasteiger partial charge in [0.15, 0.2) is 0 Å². The van der Waals surface area contributed by atoms with E-state index in [9.17, 15) is 9.59 Å². The molecule has 1 aromatic rings. The molecule has 5 heteroatoms. The van der Waals surface area contributed by atoms with Gasteiger partial charge in [-0.2, -0.15) is 0 Å². The average Bonchev–Trinajstić information content (AvgIpc) is 3.13. The quantitative estimate of drug-likeness (QED) is 0.818. The summed E-state index contributed by atoms with van der Waals surface area (Å²) < 4.78 is 0. The molecule has 4 nitrogen and oxygen atoms in total. The molecular formula is C22H32N2O2S. The van der Waals surface area contributed by atoms with E-state index in [1.165, 1.54) is 19.3 Å². The number of carbonyl (C=O) groups is 2. The van der Waals surface area contributed by atoms with Gasteiger partial charge in [-0.3, -0.25) is 9.59 Å². The Balaban J connectivity index is 1.83. The van der Waals surface area contributed by atoms with E-state index >= 15 is 0 Å². The Kier molecular flexibility index (Phi) is 6.85. The molecule has 0 bridgehead atoms. The number of carbonyl (C=O) groups excluding carboxylic acids is 2. The molecule has 1 N–H and O–H groups in total. The van der Waals surface area contributed by atoms with E-state index < -0.39 is 0 Å². The lowest BCUT2D eigenvalue weighted by molar-refractivity contribution is -0.126. The number of thioether (sulfide) groups is 1. The Morgan fingerprint density at radius 1 is 1.07 bits per heavy atom. The minimum Gasteiger partial charge on any atom is -0.352 e. The standard InChI is InChI=1S/C22H32N2O2S/c1-15(2)16(3)23-20(25)19-14-27-22(18-12-8-5-9-13-18)24(19)21(26)17-10-6-4-7-11-17/h4,6-7,10-11,15-16,18-19,22H,5,8-9,12-14H2,1-3H3,(H,23,25)/t16-,19+,22-/m1/s1. The number of hydrogen-bond acceptors (Lipinski definition) is 3. The maximum Gasteiger partial charge on any atom is 0.255 e. The highest BCUT2D eigenvalue weighted by Gasteiger charge is 2.45. The highest BCUT2D eigenvalue weighted by atomic mass is 32.2. The third-order valence-electron chi connectivity index (χ3n) is 6.02. The molecule has 148 valence electrons. The summed E-state index contributed by atoms with van der Waals surface area (Å²) in [7, 11) is 0. The van der Waals surface area contributed by atoms with Gasteiger partial charge in [-0.05, 0) is 43.7 Å². The van der Waals surface area contributed by atoms with Crippen LogP contribution >= 0.6 is 11.8 Å². The first kappa shape index (κ1) is 20.2. The van der Waals surface area contributed by atoms with Gasteiger partial charge < -0.3 is 10.2 Å². The molecule has 3 rings (SSSR count). The van der Waals surface area contributed by atoms with Crippen LogP contribution in [0.2, 0.25) is 0 Å². The molecule has 2 amide bonds. The van der Waals surface area contributed by atoms with Crippen molar-refractivity contribution in [3.05, 3.63) is 35.9 Å². The zero-order valence-electron chi connectivity index (χ0n) is 16.7. The molecule has 1 heterocycles. The van der Waals surface area contributed by atoms with Crippen molar-refractivity contribution in [3.8, 4) is 0 Å². The van der Waals surface area contributed by atoms with Crippen molar-refractivity contribution in [3.63, 3.8) is 0 Å². The SMILES string of the molecule is CC(C)[C@@H](C)NC(=O)[C@@H]1CS[C@H](C2CCCCC2)N1C(=O)c1ccccc1. The lowest BCUT2D eigenvalue weighted by atomic mass is 9.88. The second-order valence-corrected chi connectivity index (χ2v) is 9.41. The first-order valence-electron chi connectivity index (χ1n) is 10.3. The molecule has 3 atom stereocenters. The summed E-state index contributed by atoms with van der Waals surface area (Å²) in [4.78, 5) is 28.3. The van der Waals surface area contributed by atoms with Crippen molar-refractivity contribution >= 4 is 23.6 Å². The van der Waals surface area contributed by atoms with Crippen molar-refractivity contribution in [2.75, 3.05) is 5.75 Å². The van der Waals surface area contributed by atoms with Gasteiger partial charge >= 0.3 is 0 Å². The zero-order chi connectivity index (χ0) is 19.4. The van der Waals surface area contributed by atoms with E-state index in [-0.39, 0.29) is 29.3 Å². The van der Waals surface area contributed by atoms with Crippen LogP contribution < -0.4 is 5.32 Å². The molecule has 1 aliphatic heterocycles. The van der Waals surface area contributed by atoms with Gasteiger partial charge in [0.05, 0.1) is 5.37 Å². The Morgan fingerprint density at radius 2 is 1.74 bits per heavy atom. The van der Waals surface area contributed by atoms with Gasteiger partial charge in [0.25, 0.3) is 5.91 Å². The zero-order valence-corrected chi connectivity index (χ0v) is 17.5. The minimum atomic E-state index is -0.379. The summed E-state index contributed by atoms with van der Waals surface area (Å²) in [5.74, 6) is 1.54. The van der Waals surface area contributed by atoms with Crippen LogP contribution in [0.5, 0.6) is 0 Å². The highest BCUT2D eigenvalue weighted by molar-refractivity contribution is 8.00. The monoisotopic (exact) mass is 388 g/mol. The van der Waals surface area contributed by atoms with Crippen LogP contribution in [0.4, 0.5) is 0 Å². The maximum atomic E-state index is 13.4. The fourth-order valence-electron chi connectivity index (χ4n) is 3.99. The van der Waals surface area contributed by atoms with E-state index in [2.05, 4.69) is 19.2 Å². The van der Waals surface area contributed by atoms with Gasteiger partial charge in [-0.15, -0.1) is 11.8 Å². The van der Waals surface area contributed by atoms with Crippen LogP contribution in [-0.4, -0.2) is 39.9 Å². The molecule has 2 fully saturated rings. The van der Waals surface area contributed by atoms with Crippen LogP contribution in [0.15, 0.2) is 30.3 Å². The van der Waals surface area contributed by atoms with Crippen molar-refractivity contribution < 1.29 is 9.59 Å². The average molecular weight is 389 g/mol. The van der Waals surface area contributed by atoms with Gasteiger partial charge in [-0.25, -0.2) is 0 Å². The summed E-state index contributed by atoms with van der Waals surface area (Å²) in [6, 6.07) is 9.14. The minimum absolute atomic E-state index is 0.00600. The molecule has 0 unspecified atom stereocenters. The van der Waals surface area contributed by atoms with Crippen LogP contribution in [0.3, 0.4) is 0 Å². The van der Waals surface area contributed by atoms with E-state index in [0.29, 0.717) is 23.2 Å². The van der Waals surface area contributed by atoms with Crippen LogP contribution in [-0.2, 0) is 4.79 Å². The molecule has 1 saturated carbocycles. The topological polar surface area (TPSA) is 49.4 Å². The summed E-state index contributed by atoms with van der Waals surface area (Å²) in [6.45, 7) is 6.24. The van der Waals surface area contributed by atoms with E-state index in [0.717, 1.165) is 12.8 Å². The number of nitrogens with zero attached hydrogens (tertiary/aromatic N) is 1. The second-order valence-electron chi connectivity index (χ2n) is 8.26. The number of rotatable bonds is 5. The molecule has 1 saturated heterocycles. The third-order valence-corrected chi connectivity index (χ3v) is 7.48. The first-order valence-corrected chi connectivity index (χ1v) is 11.3. The Morgan fingerprint density at radius 3 is 2.37 bits per heavy atom. The number of benzene rings is 1. The molecule has 0 spiro atoms. The Hall–Kier alpha value is -1.49. The van der Waals surface area contributed by atoms with Gasteiger partial charge in [0, 0.05) is 17.4 Å². The van der Waals surface area contributed by atoms with Crippen molar-refractivity contribution in [1.29, 1.82) is 0 Å². The van der Waals surface area contributed by atoms with Crippen LogP contribution in [0.1, 0.15) is 63.2 Å². The van der Waals surface area contributed by atoms with Crippen molar-refractivity contribution in [2.45, 2.75) is 70.3 Å². The maximum absolute atomic E-state index is 13.4. The molecule has 27 heavy (non-hydrogen) atoms. The lowest BCUT2D eigenvalue weighted by Crippen LogP contribution is -2.53. The van der Waals surface area contributed by atoms with Gasteiger partial charge in [0.2, 0.25) is 5.91 Å². The fourth-order valence-corrected chi connectivity index (χ4v) is 5.63. The summed E-state index contributed by atoms with van der Waals surface area (Å²) in [5, 5.41) is 3.25. The van der Waals surface area contributed by atoms with Gasteiger partial charge in [-0.1, -0.05) is 51.3 Å². The van der Waals surface area contributed by atoms with Gasteiger partial charge in [0.1, 0.15) is 6.04 Å². The van der Waals surface area contributed by atoms with Crippen molar-refractivity contribution in [2.24, 2.45) is 11.8 Å². The molecule has 0 radical (unpaired) electrons. The number of amides is 2. The second kappa shape index (κ2) is 9.13. The summed E-state index contributed by atoms with van der Waals surface area (Å²) in [5.41, 5.74) is 0.676. The smallest absolute Gasteiger partial charge is 0.255 e. The predicted octanol–water partition coefficient (Wildman–Crippen LogP) is 4.31. The molecule has 2 aliphatic rings. The largest absolute Gasteiger partial charge is 0.352 e. The fraction of sp³-hybridized carbons (Fsp3) is 0.636. The molecule has 0 aromatic heterocycles. The Bertz CT molecular complexity index is 643. The van der Waals surface area contributed by atoms with E-state index in [1.54, 1.807) is 11.8 Å². The number of nitrogens with one attached hydrogen (secondary N) is 1. The van der Waals surface area contributed by atoms with Crippen LogP contribution in [0, 0.1) is 11.8 Å². The first-order chi connectivity index (χ1) is 13.0.